The summed E-state index contributed by atoms with van der Waals surface area (Å²) in [7, 11) is 1.49. The Balaban J connectivity index is 1.65. The maximum Gasteiger partial charge on any atom is 0.306 e. The Morgan fingerprint density at radius 1 is 1.47 bits per heavy atom. The van der Waals surface area contributed by atoms with Crippen LogP contribution in [-0.4, -0.2) is 37.2 Å². The predicted molar refractivity (Wildman–Crippen MR) is 80.4 cm³/mol. The highest BCUT2D eigenvalue weighted by Crippen LogP contribution is 2.51. The number of carbonyl (C=O) groups excluding carboxylic acids is 1. The van der Waals surface area contributed by atoms with Crippen LogP contribution >= 0.6 is 11.8 Å². The molecule has 110 valence electrons. The Morgan fingerprint density at radius 2 is 2.21 bits per heavy atom. The van der Waals surface area contributed by atoms with E-state index in [0.29, 0.717) is 12.5 Å². The topological polar surface area (TPSA) is 38.3 Å². The summed E-state index contributed by atoms with van der Waals surface area (Å²) in [4.78, 5) is 11.4. The molecule has 0 saturated heterocycles. The summed E-state index contributed by atoms with van der Waals surface area (Å²) < 4.78 is 4.79. The second-order valence-corrected chi connectivity index (χ2v) is 7.20. The zero-order valence-corrected chi connectivity index (χ0v) is 13.1. The molecule has 2 aliphatic carbocycles. The van der Waals surface area contributed by atoms with Gasteiger partial charge in [0.2, 0.25) is 0 Å². The number of hydrogen-bond donors (Lipinski definition) is 1. The van der Waals surface area contributed by atoms with Crippen LogP contribution in [0, 0.1) is 11.3 Å². The SMILES string of the molecule is CCCNC(CSCC1(CC(=O)OC)CC1)C1CC1. The lowest BCUT2D eigenvalue weighted by Crippen LogP contribution is -2.34. The first kappa shape index (κ1) is 15.2. The van der Waals surface area contributed by atoms with Crippen molar-refractivity contribution in [2.75, 3.05) is 25.2 Å². The van der Waals surface area contributed by atoms with Gasteiger partial charge in [-0.25, -0.2) is 0 Å². The average Bonchev–Trinajstić information content (AvgIpc) is 3.28. The lowest BCUT2D eigenvalue weighted by molar-refractivity contribution is -0.141. The summed E-state index contributed by atoms with van der Waals surface area (Å²) >= 11 is 2.03. The van der Waals surface area contributed by atoms with Crippen molar-refractivity contribution in [3.63, 3.8) is 0 Å². The van der Waals surface area contributed by atoms with Gasteiger partial charge >= 0.3 is 5.97 Å². The van der Waals surface area contributed by atoms with Crippen LogP contribution in [0.3, 0.4) is 0 Å². The third-order valence-electron chi connectivity index (χ3n) is 4.26. The predicted octanol–water partition coefficient (Wildman–Crippen LogP) is 2.84. The molecule has 4 heteroatoms. The fourth-order valence-electron chi connectivity index (χ4n) is 2.52. The average molecular weight is 285 g/mol. The fraction of sp³-hybridized carbons (Fsp3) is 0.933. The minimum Gasteiger partial charge on any atom is -0.469 e. The van der Waals surface area contributed by atoms with Gasteiger partial charge < -0.3 is 10.1 Å². The van der Waals surface area contributed by atoms with Crippen LogP contribution in [0.1, 0.15) is 45.4 Å². The third kappa shape index (κ3) is 4.99. The van der Waals surface area contributed by atoms with E-state index in [-0.39, 0.29) is 11.4 Å². The maximum atomic E-state index is 11.4. The maximum absolute atomic E-state index is 11.4. The van der Waals surface area contributed by atoms with Crippen molar-refractivity contribution < 1.29 is 9.53 Å². The molecule has 3 nitrogen and oxygen atoms in total. The molecule has 0 radical (unpaired) electrons. The van der Waals surface area contributed by atoms with E-state index >= 15 is 0 Å². The summed E-state index contributed by atoms with van der Waals surface area (Å²) in [6.45, 7) is 3.36. The van der Waals surface area contributed by atoms with Gasteiger partial charge in [-0.1, -0.05) is 6.92 Å². The zero-order chi connectivity index (χ0) is 13.7. The number of hydrogen-bond acceptors (Lipinski definition) is 4. The standard InChI is InChI=1S/C15H27NO2S/c1-3-8-16-13(12-4-5-12)10-19-11-15(6-7-15)9-14(17)18-2/h12-13,16H,3-11H2,1-2H3. The van der Waals surface area contributed by atoms with Crippen molar-refractivity contribution >= 4 is 17.7 Å². The van der Waals surface area contributed by atoms with E-state index in [9.17, 15) is 4.79 Å². The van der Waals surface area contributed by atoms with Gasteiger partial charge in [-0.3, -0.25) is 4.79 Å². The van der Waals surface area contributed by atoms with Gasteiger partial charge in [-0.05, 0) is 55.7 Å². The van der Waals surface area contributed by atoms with Crippen molar-refractivity contribution in [2.24, 2.45) is 11.3 Å². The molecule has 0 aromatic heterocycles. The Kier molecular flexibility index (Phi) is 5.58. The number of carbonyl (C=O) groups is 1. The fourth-order valence-corrected chi connectivity index (χ4v) is 4.11. The van der Waals surface area contributed by atoms with Gasteiger partial charge in [0.05, 0.1) is 13.5 Å². The van der Waals surface area contributed by atoms with Crippen molar-refractivity contribution in [3.05, 3.63) is 0 Å². The largest absolute Gasteiger partial charge is 0.469 e. The van der Waals surface area contributed by atoms with E-state index in [1.165, 1.54) is 45.0 Å². The van der Waals surface area contributed by atoms with Crippen molar-refractivity contribution in [2.45, 2.75) is 51.5 Å². The molecular weight excluding hydrogens is 258 g/mol. The molecule has 2 rings (SSSR count). The highest BCUT2D eigenvalue weighted by Gasteiger charge is 2.44. The minimum atomic E-state index is -0.0408. The number of esters is 1. The summed E-state index contributed by atoms with van der Waals surface area (Å²) in [5.74, 6) is 3.20. The second-order valence-electron chi connectivity index (χ2n) is 6.17. The van der Waals surface area contributed by atoms with E-state index in [4.69, 9.17) is 4.74 Å². The quantitative estimate of drug-likeness (QED) is 0.626. The molecule has 1 atom stereocenters. The van der Waals surface area contributed by atoms with Crippen LogP contribution < -0.4 is 5.32 Å². The van der Waals surface area contributed by atoms with Crippen molar-refractivity contribution in [1.29, 1.82) is 0 Å². The molecule has 2 aliphatic rings. The molecule has 2 saturated carbocycles. The van der Waals surface area contributed by atoms with Gasteiger partial charge in [-0.2, -0.15) is 11.8 Å². The molecule has 1 N–H and O–H groups in total. The first-order chi connectivity index (χ1) is 9.19. The van der Waals surface area contributed by atoms with Gasteiger partial charge in [0.15, 0.2) is 0 Å². The molecule has 0 spiro atoms. The summed E-state index contributed by atoms with van der Waals surface area (Å²) in [5, 5.41) is 3.68. The van der Waals surface area contributed by atoms with E-state index in [0.717, 1.165) is 18.2 Å². The normalized spacial score (nSPS) is 22.0. The van der Waals surface area contributed by atoms with Crippen molar-refractivity contribution in [1.82, 2.24) is 5.32 Å². The molecular formula is C15H27NO2S. The van der Waals surface area contributed by atoms with Crippen molar-refractivity contribution in [3.8, 4) is 0 Å². The molecule has 0 aliphatic heterocycles. The van der Waals surface area contributed by atoms with Gasteiger partial charge in [-0.15, -0.1) is 0 Å². The zero-order valence-electron chi connectivity index (χ0n) is 12.2. The van der Waals surface area contributed by atoms with Crippen LogP contribution in [0.25, 0.3) is 0 Å². The molecule has 1 unspecified atom stereocenters. The smallest absolute Gasteiger partial charge is 0.306 e. The number of ether oxygens (including phenoxy) is 1. The van der Waals surface area contributed by atoms with Gasteiger partial charge in [0.25, 0.3) is 0 Å². The van der Waals surface area contributed by atoms with E-state index in [2.05, 4.69) is 12.2 Å². The molecule has 0 amide bonds. The highest BCUT2D eigenvalue weighted by molar-refractivity contribution is 7.99. The number of thioether (sulfide) groups is 1. The second kappa shape index (κ2) is 6.98. The third-order valence-corrected chi connectivity index (χ3v) is 5.67. The Hall–Kier alpha value is -0.220. The Morgan fingerprint density at radius 3 is 2.74 bits per heavy atom. The number of nitrogens with one attached hydrogen (secondary N) is 1. The first-order valence-electron chi connectivity index (χ1n) is 7.57. The molecule has 0 aromatic rings. The summed E-state index contributed by atoms with van der Waals surface area (Å²) in [5.41, 5.74) is 0.274. The molecule has 19 heavy (non-hydrogen) atoms. The van der Waals surface area contributed by atoms with E-state index < -0.39 is 0 Å². The molecule has 2 fully saturated rings. The van der Waals surface area contributed by atoms with E-state index in [1.807, 2.05) is 11.8 Å². The minimum absolute atomic E-state index is 0.0408. The summed E-state index contributed by atoms with van der Waals surface area (Å²) in [6, 6.07) is 0.693. The molecule has 0 heterocycles. The molecule has 0 bridgehead atoms. The van der Waals surface area contributed by atoms with Crippen LogP contribution in [0.15, 0.2) is 0 Å². The monoisotopic (exact) mass is 285 g/mol. The van der Waals surface area contributed by atoms with Crippen LogP contribution in [0.2, 0.25) is 0 Å². The summed E-state index contributed by atoms with van der Waals surface area (Å²) in [6.07, 6.45) is 7.02. The van der Waals surface area contributed by atoms with Crippen LogP contribution in [-0.2, 0) is 9.53 Å². The lowest BCUT2D eigenvalue weighted by Gasteiger charge is -2.19. The van der Waals surface area contributed by atoms with E-state index in [1.54, 1.807) is 0 Å². The Bertz CT molecular complexity index is 301. The first-order valence-corrected chi connectivity index (χ1v) is 8.72. The van der Waals surface area contributed by atoms with Crippen LogP contribution in [0.4, 0.5) is 0 Å². The van der Waals surface area contributed by atoms with Gasteiger partial charge in [0, 0.05) is 11.8 Å². The number of rotatable bonds is 10. The Labute approximate surface area is 121 Å². The lowest BCUT2D eigenvalue weighted by atomic mass is 10.1. The number of methoxy groups -OCH3 is 1. The van der Waals surface area contributed by atoms with Gasteiger partial charge in [0.1, 0.15) is 0 Å². The highest BCUT2D eigenvalue weighted by atomic mass is 32.2. The van der Waals surface area contributed by atoms with Crippen LogP contribution in [0.5, 0.6) is 0 Å². The molecule has 0 aromatic carbocycles.